The molecule has 1 fully saturated rings. The monoisotopic (exact) mass is 597 g/mol. The predicted molar refractivity (Wildman–Crippen MR) is 170 cm³/mol. The Morgan fingerprint density at radius 2 is 1.40 bits per heavy atom. The van der Waals surface area contributed by atoms with Crippen LogP contribution in [0.2, 0.25) is 0 Å². The van der Waals surface area contributed by atoms with E-state index in [2.05, 4.69) is 15.5 Å². The smallest absolute Gasteiger partial charge is 0.321 e. The first-order chi connectivity index (χ1) is 20.8. The summed E-state index contributed by atoms with van der Waals surface area (Å²) in [5.74, 6) is -0.434. The van der Waals surface area contributed by atoms with Crippen molar-refractivity contribution in [2.45, 2.75) is 18.4 Å². The van der Waals surface area contributed by atoms with Crippen LogP contribution < -0.4 is 15.5 Å². The Hall–Kier alpha value is -4.67. The van der Waals surface area contributed by atoms with Gasteiger partial charge in [-0.3, -0.25) is 4.79 Å². The van der Waals surface area contributed by atoms with Crippen LogP contribution in [0, 0.1) is 6.92 Å². The van der Waals surface area contributed by atoms with Crippen molar-refractivity contribution < 1.29 is 18.0 Å². The summed E-state index contributed by atoms with van der Waals surface area (Å²) in [6.45, 7) is 4.26. The molecule has 2 N–H and O–H groups in total. The summed E-state index contributed by atoms with van der Waals surface area (Å²) in [6, 6.07) is 32.4. The van der Waals surface area contributed by atoms with Gasteiger partial charge in [-0.2, -0.15) is 4.31 Å². The standard InChI is InChI=1S/C33H35N5O4S/c1-26-9-8-12-29(23-26)35-33(40)37-21-19-36(20-22-37)30-17-15-28(16-18-30)34-32(39)25-38(24-27-10-4-2-5-11-27)43(41,42)31-13-6-3-7-14-31/h2-18,23H,19-22,24-25H2,1H3,(H,34,39)(H,35,40). The lowest BCUT2D eigenvalue weighted by molar-refractivity contribution is -0.116. The van der Waals surface area contributed by atoms with Crippen molar-refractivity contribution in [2.75, 3.05) is 48.3 Å². The van der Waals surface area contributed by atoms with Crippen molar-refractivity contribution in [1.82, 2.24) is 9.21 Å². The van der Waals surface area contributed by atoms with E-state index in [4.69, 9.17) is 0 Å². The maximum atomic E-state index is 13.4. The fourth-order valence-corrected chi connectivity index (χ4v) is 6.37. The van der Waals surface area contributed by atoms with E-state index in [0.717, 1.165) is 22.5 Å². The molecule has 0 aliphatic carbocycles. The molecule has 0 saturated carbocycles. The number of piperazine rings is 1. The van der Waals surface area contributed by atoms with Crippen LogP contribution in [0.4, 0.5) is 21.9 Å². The Balaban J connectivity index is 1.17. The average molecular weight is 598 g/mol. The number of aryl methyl sites for hydroxylation is 1. The summed E-state index contributed by atoms with van der Waals surface area (Å²) in [4.78, 5) is 29.9. The summed E-state index contributed by atoms with van der Waals surface area (Å²) in [5, 5.41) is 5.80. The third-order valence-corrected chi connectivity index (χ3v) is 9.06. The van der Waals surface area contributed by atoms with Crippen LogP contribution in [0.3, 0.4) is 0 Å². The van der Waals surface area contributed by atoms with Gasteiger partial charge in [0.05, 0.1) is 11.4 Å². The minimum absolute atomic E-state index is 0.0689. The maximum Gasteiger partial charge on any atom is 0.321 e. The normalized spacial score (nSPS) is 13.5. The van der Waals surface area contributed by atoms with E-state index in [1.165, 1.54) is 16.4 Å². The average Bonchev–Trinajstić information content (AvgIpc) is 3.02. The molecule has 1 saturated heterocycles. The zero-order chi connectivity index (χ0) is 30.2. The lowest BCUT2D eigenvalue weighted by Gasteiger charge is -2.36. The Labute approximate surface area is 252 Å². The Kier molecular flexibility index (Phi) is 9.38. The number of rotatable bonds is 9. The van der Waals surface area contributed by atoms with Crippen molar-refractivity contribution in [3.63, 3.8) is 0 Å². The van der Waals surface area contributed by atoms with E-state index in [1.807, 2.05) is 73.7 Å². The number of urea groups is 1. The number of benzene rings is 4. The van der Waals surface area contributed by atoms with Crippen molar-refractivity contribution in [3.05, 3.63) is 120 Å². The highest BCUT2D eigenvalue weighted by atomic mass is 32.2. The van der Waals surface area contributed by atoms with E-state index in [0.29, 0.717) is 31.9 Å². The first-order valence-electron chi connectivity index (χ1n) is 14.1. The lowest BCUT2D eigenvalue weighted by Crippen LogP contribution is -2.50. The summed E-state index contributed by atoms with van der Waals surface area (Å²) < 4.78 is 28.0. The molecule has 0 radical (unpaired) electrons. The molecule has 222 valence electrons. The quantitative estimate of drug-likeness (QED) is 0.277. The van der Waals surface area contributed by atoms with E-state index >= 15 is 0 Å². The fourth-order valence-electron chi connectivity index (χ4n) is 4.96. The summed E-state index contributed by atoms with van der Waals surface area (Å²) in [6.07, 6.45) is 0. The van der Waals surface area contributed by atoms with Crippen LogP contribution >= 0.6 is 0 Å². The van der Waals surface area contributed by atoms with Gasteiger partial charge in [-0.25, -0.2) is 13.2 Å². The molecule has 10 heteroatoms. The molecule has 1 aliphatic heterocycles. The zero-order valence-electron chi connectivity index (χ0n) is 24.0. The molecule has 1 heterocycles. The molecule has 43 heavy (non-hydrogen) atoms. The van der Waals surface area contributed by atoms with Gasteiger partial charge in [0.2, 0.25) is 15.9 Å². The van der Waals surface area contributed by atoms with Crippen molar-refractivity contribution in [2.24, 2.45) is 0 Å². The topological polar surface area (TPSA) is 102 Å². The van der Waals surface area contributed by atoms with Gasteiger partial charge in [-0.1, -0.05) is 60.7 Å². The van der Waals surface area contributed by atoms with Crippen LogP contribution in [0.1, 0.15) is 11.1 Å². The van der Waals surface area contributed by atoms with Crippen LogP contribution in [-0.2, 0) is 21.4 Å². The number of hydrogen-bond donors (Lipinski definition) is 2. The molecule has 4 aromatic rings. The lowest BCUT2D eigenvalue weighted by atomic mass is 10.2. The number of anilines is 3. The second-order valence-electron chi connectivity index (χ2n) is 10.4. The van der Waals surface area contributed by atoms with E-state index in [-0.39, 0.29) is 24.0 Å². The highest BCUT2D eigenvalue weighted by Crippen LogP contribution is 2.22. The Morgan fingerprint density at radius 1 is 0.744 bits per heavy atom. The summed E-state index contributed by atoms with van der Waals surface area (Å²) in [7, 11) is -3.90. The van der Waals surface area contributed by atoms with Gasteiger partial charge >= 0.3 is 6.03 Å². The fraction of sp³-hybridized carbons (Fsp3) is 0.212. The number of hydrogen-bond acceptors (Lipinski definition) is 5. The second-order valence-corrected chi connectivity index (χ2v) is 12.4. The SMILES string of the molecule is Cc1cccc(NC(=O)N2CCN(c3ccc(NC(=O)CN(Cc4ccccc4)S(=O)(=O)c4ccccc4)cc3)CC2)c1. The molecule has 0 spiro atoms. The minimum Gasteiger partial charge on any atom is -0.368 e. The van der Waals surface area contributed by atoms with Crippen LogP contribution in [0.25, 0.3) is 0 Å². The molecule has 0 aromatic heterocycles. The van der Waals surface area contributed by atoms with Gasteiger partial charge in [0.15, 0.2) is 0 Å². The van der Waals surface area contributed by atoms with E-state index < -0.39 is 15.9 Å². The summed E-state index contributed by atoms with van der Waals surface area (Å²) >= 11 is 0. The Morgan fingerprint density at radius 3 is 2.05 bits per heavy atom. The summed E-state index contributed by atoms with van der Waals surface area (Å²) in [5.41, 5.74) is 4.21. The predicted octanol–water partition coefficient (Wildman–Crippen LogP) is 5.18. The number of nitrogens with one attached hydrogen (secondary N) is 2. The van der Waals surface area contributed by atoms with Gasteiger partial charge in [-0.05, 0) is 66.6 Å². The molecule has 3 amide bonds. The number of carbonyl (C=O) groups is 2. The number of carbonyl (C=O) groups excluding carboxylic acids is 2. The molecule has 0 bridgehead atoms. The zero-order valence-corrected chi connectivity index (χ0v) is 24.8. The molecular formula is C33H35N5O4S. The largest absolute Gasteiger partial charge is 0.368 e. The van der Waals surface area contributed by atoms with Crippen LogP contribution in [-0.4, -0.2) is 62.3 Å². The second kappa shape index (κ2) is 13.5. The highest BCUT2D eigenvalue weighted by molar-refractivity contribution is 7.89. The first kappa shape index (κ1) is 29.8. The van der Waals surface area contributed by atoms with Gasteiger partial charge in [-0.15, -0.1) is 0 Å². The highest BCUT2D eigenvalue weighted by Gasteiger charge is 2.27. The molecule has 9 nitrogen and oxygen atoms in total. The van der Waals surface area contributed by atoms with Gasteiger partial charge < -0.3 is 20.4 Å². The maximum absolute atomic E-state index is 13.4. The van der Waals surface area contributed by atoms with E-state index in [1.54, 1.807) is 35.2 Å². The molecule has 0 atom stereocenters. The van der Waals surface area contributed by atoms with Gasteiger partial charge in [0, 0.05) is 49.8 Å². The van der Waals surface area contributed by atoms with Gasteiger partial charge in [0.25, 0.3) is 0 Å². The Bertz CT molecular complexity index is 1640. The number of sulfonamides is 1. The molecular weight excluding hydrogens is 562 g/mol. The van der Waals surface area contributed by atoms with E-state index in [9.17, 15) is 18.0 Å². The third-order valence-electron chi connectivity index (χ3n) is 7.26. The van der Waals surface area contributed by atoms with Crippen molar-refractivity contribution in [3.8, 4) is 0 Å². The molecule has 0 unspecified atom stereocenters. The molecule has 5 rings (SSSR count). The number of nitrogens with zero attached hydrogens (tertiary/aromatic N) is 3. The first-order valence-corrected chi connectivity index (χ1v) is 15.6. The molecule has 4 aromatic carbocycles. The van der Waals surface area contributed by atoms with Crippen LogP contribution in [0.15, 0.2) is 114 Å². The third kappa shape index (κ3) is 7.79. The van der Waals surface area contributed by atoms with Gasteiger partial charge in [0.1, 0.15) is 0 Å². The minimum atomic E-state index is -3.90. The number of amides is 3. The van der Waals surface area contributed by atoms with Crippen molar-refractivity contribution >= 4 is 39.0 Å². The van der Waals surface area contributed by atoms with Crippen LogP contribution in [0.5, 0.6) is 0 Å². The molecule has 1 aliphatic rings. The van der Waals surface area contributed by atoms with Crippen molar-refractivity contribution in [1.29, 1.82) is 0 Å².